The van der Waals surface area contributed by atoms with E-state index in [4.69, 9.17) is 4.74 Å². The summed E-state index contributed by atoms with van der Waals surface area (Å²) in [5.74, 6) is 0.439. The van der Waals surface area contributed by atoms with Crippen LogP contribution in [0.4, 0.5) is 4.79 Å². The number of carbonyl (C=O) groups is 2. The third-order valence-electron chi connectivity index (χ3n) is 3.09. The minimum Gasteiger partial charge on any atom is -0.469 e. The lowest BCUT2D eigenvalue weighted by molar-refractivity contribution is -0.140. The van der Waals surface area contributed by atoms with Crippen molar-refractivity contribution in [3.8, 4) is 0 Å². The molecule has 0 fully saturated rings. The van der Waals surface area contributed by atoms with Gasteiger partial charge in [0, 0.05) is 26.6 Å². The molecule has 9 heteroatoms. The van der Waals surface area contributed by atoms with E-state index in [1.807, 2.05) is 34.6 Å². The number of guanidine groups is 1. The number of carbonyl (C=O) groups excluding carboxylic acids is 2. The summed E-state index contributed by atoms with van der Waals surface area (Å²) in [6.45, 7) is 10.4. The third kappa shape index (κ3) is 15.0. The van der Waals surface area contributed by atoms with Crippen LogP contribution in [-0.4, -0.2) is 56.4 Å². The fourth-order valence-electron chi connectivity index (χ4n) is 1.85. The molecule has 0 rings (SSSR count). The van der Waals surface area contributed by atoms with E-state index in [2.05, 4.69) is 25.7 Å². The number of unbranched alkanes of at least 4 members (excludes halogenated alkanes) is 1. The molecule has 0 aliphatic heterocycles. The average molecular weight is 486 g/mol. The van der Waals surface area contributed by atoms with Crippen LogP contribution in [0.5, 0.6) is 0 Å². The van der Waals surface area contributed by atoms with Crippen molar-refractivity contribution in [2.24, 2.45) is 4.99 Å². The molecule has 0 saturated heterocycles. The predicted octanol–water partition coefficient (Wildman–Crippen LogP) is 2.42. The first-order valence-corrected chi connectivity index (χ1v) is 8.51. The van der Waals surface area contributed by atoms with E-state index in [0.29, 0.717) is 25.5 Å². The van der Waals surface area contributed by atoms with Crippen LogP contribution in [0.15, 0.2) is 4.99 Å². The first kappa shape index (κ1) is 27.0. The minimum atomic E-state index is -0.532. The van der Waals surface area contributed by atoms with Gasteiger partial charge < -0.3 is 25.4 Å². The molecule has 0 aromatic heterocycles. The molecular formula is C17H35IN4O4. The zero-order chi connectivity index (χ0) is 19.5. The standard InChI is InChI=1S/C17H34N4O4.HI/c1-16(2,3)25-15(23)21-17(4,5)12-20-14(18-6)19-11-9-8-10-13(22)24-7;/h8-12H2,1-7H3,(H,21,23)(H2,18,19,20);1H. The summed E-state index contributed by atoms with van der Waals surface area (Å²) in [5.41, 5.74) is -1.04. The highest BCUT2D eigenvalue weighted by Crippen LogP contribution is 2.09. The Balaban J connectivity index is 0. The second kappa shape index (κ2) is 13.0. The molecule has 1 amide bonds. The Hall–Kier alpha value is -1.26. The number of nitrogens with one attached hydrogen (secondary N) is 3. The van der Waals surface area contributed by atoms with Crippen LogP contribution in [0.2, 0.25) is 0 Å². The lowest BCUT2D eigenvalue weighted by Crippen LogP contribution is -2.54. The summed E-state index contributed by atoms with van der Waals surface area (Å²) in [6, 6.07) is 0. The fraction of sp³-hybridized carbons (Fsp3) is 0.824. The summed E-state index contributed by atoms with van der Waals surface area (Å²) in [5, 5.41) is 9.16. The van der Waals surface area contributed by atoms with Gasteiger partial charge in [-0.05, 0) is 47.5 Å². The van der Waals surface area contributed by atoms with Gasteiger partial charge in [0.2, 0.25) is 0 Å². The normalized spacial score (nSPS) is 11.9. The molecule has 0 aliphatic rings. The number of alkyl carbamates (subject to hydrolysis) is 1. The summed E-state index contributed by atoms with van der Waals surface area (Å²) < 4.78 is 9.86. The molecule has 3 N–H and O–H groups in total. The molecule has 0 atom stereocenters. The largest absolute Gasteiger partial charge is 0.469 e. The fourth-order valence-corrected chi connectivity index (χ4v) is 1.85. The molecule has 0 radical (unpaired) electrons. The number of hydrogen-bond donors (Lipinski definition) is 3. The van der Waals surface area contributed by atoms with Gasteiger partial charge in [0.15, 0.2) is 5.96 Å². The van der Waals surface area contributed by atoms with Crippen LogP contribution >= 0.6 is 24.0 Å². The number of esters is 1. The van der Waals surface area contributed by atoms with Gasteiger partial charge in [0.25, 0.3) is 0 Å². The second-order valence-electron chi connectivity index (χ2n) is 7.40. The molecule has 0 aliphatic carbocycles. The summed E-state index contributed by atoms with van der Waals surface area (Å²) in [4.78, 5) is 27.0. The number of amides is 1. The molecule has 0 bridgehead atoms. The van der Waals surface area contributed by atoms with Crippen LogP contribution in [0.25, 0.3) is 0 Å². The smallest absolute Gasteiger partial charge is 0.408 e. The molecule has 0 spiro atoms. The van der Waals surface area contributed by atoms with Crippen molar-refractivity contribution >= 4 is 42.0 Å². The maximum atomic E-state index is 11.9. The number of rotatable bonds is 8. The monoisotopic (exact) mass is 486 g/mol. The van der Waals surface area contributed by atoms with Gasteiger partial charge in [0.05, 0.1) is 12.6 Å². The Bertz CT molecular complexity index is 462. The van der Waals surface area contributed by atoms with Crippen LogP contribution < -0.4 is 16.0 Å². The Morgan fingerprint density at radius 2 is 1.65 bits per heavy atom. The first-order chi connectivity index (χ1) is 11.5. The highest BCUT2D eigenvalue weighted by molar-refractivity contribution is 14.0. The van der Waals surface area contributed by atoms with E-state index in [1.54, 1.807) is 7.05 Å². The maximum Gasteiger partial charge on any atom is 0.408 e. The summed E-state index contributed by atoms with van der Waals surface area (Å²) >= 11 is 0. The Morgan fingerprint density at radius 1 is 1.04 bits per heavy atom. The predicted molar refractivity (Wildman–Crippen MR) is 114 cm³/mol. The molecule has 0 aromatic carbocycles. The minimum absolute atomic E-state index is 0. The van der Waals surface area contributed by atoms with E-state index < -0.39 is 17.2 Å². The Kier molecular flexibility index (Phi) is 13.5. The van der Waals surface area contributed by atoms with Gasteiger partial charge in [-0.3, -0.25) is 9.79 Å². The van der Waals surface area contributed by atoms with Crippen LogP contribution in [-0.2, 0) is 14.3 Å². The molecule has 26 heavy (non-hydrogen) atoms. The SMILES string of the molecule is CN=C(NCCCCC(=O)OC)NCC(C)(C)NC(=O)OC(C)(C)C.I. The quantitative estimate of drug-likeness (QED) is 0.160. The molecular weight excluding hydrogens is 451 g/mol. The van der Waals surface area contributed by atoms with Crippen LogP contribution in [0, 0.1) is 0 Å². The van der Waals surface area contributed by atoms with Crippen molar-refractivity contribution < 1.29 is 19.1 Å². The molecule has 8 nitrogen and oxygen atoms in total. The number of methoxy groups -OCH3 is 1. The van der Waals surface area contributed by atoms with Crippen molar-refractivity contribution in [2.45, 2.75) is 65.0 Å². The van der Waals surface area contributed by atoms with Crippen molar-refractivity contribution in [3.05, 3.63) is 0 Å². The van der Waals surface area contributed by atoms with Crippen molar-refractivity contribution in [2.75, 3.05) is 27.2 Å². The number of hydrogen-bond acceptors (Lipinski definition) is 5. The average Bonchev–Trinajstić information content (AvgIpc) is 2.46. The first-order valence-electron chi connectivity index (χ1n) is 8.51. The number of ether oxygens (including phenoxy) is 2. The van der Waals surface area contributed by atoms with E-state index >= 15 is 0 Å². The van der Waals surface area contributed by atoms with Gasteiger partial charge in [-0.2, -0.15) is 0 Å². The number of halogens is 1. The summed E-state index contributed by atoms with van der Waals surface area (Å²) in [6.07, 6.45) is 1.54. The van der Waals surface area contributed by atoms with Crippen molar-refractivity contribution in [1.82, 2.24) is 16.0 Å². The molecule has 0 heterocycles. The maximum absolute atomic E-state index is 11.9. The Morgan fingerprint density at radius 3 is 2.15 bits per heavy atom. The molecule has 0 saturated carbocycles. The molecule has 0 aromatic rings. The van der Waals surface area contributed by atoms with Gasteiger partial charge in [-0.25, -0.2) is 4.79 Å². The molecule has 0 unspecified atom stereocenters. The zero-order valence-electron chi connectivity index (χ0n) is 17.0. The van der Waals surface area contributed by atoms with Gasteiger partial charge >= 0.3 is 12.1 Å². The summed E-state index contributed by atoms with van der Waals surface area (Å²) in [7, 11) is 3.07. The Labute approximate surface area is 174 Å². The van der Waals surface area contributed by atoms with Gasteiger partial charge in [-0.1, -0.05) is 0 Å². The topological polar surface area (TPSA) is 101 Å². The highest BCUT2D eigenvalue weighted by atomic mass is 127. The van der Waals surface area contributed by atoms with E-state index in [1.165, 1.54) is 7.11 Å². The lowest BCUT2D eigenvalue weighted by atomic mass is 10.1. The second-order valence-corrected chi connectivity index (χ2v) is 7.40. The third-order valence-corrected chi connectivity index (χ3v) is 3.09. The lowest BCUT2D eigenvalue weighted by Gasteiger charge is -2.29. The van der Waals surface area contributed by atoms with E-state index in [-0.39, 0.29) is 29.9 Å². The number of nitrogens with zero attached hydrogens (tertiary/aromatic N) is 1. The van der Waals surface area contributed by atoms with Crippen molar-refractivity contribution in [3.63, 3.8) is 0 Å². The molecule has 154 valence electrons. The van der Waals surface area contributed by atoms with Gasteiger partial charge in [-0.15, -0.1) is 24.0 Å². The van der Waals surface area contributed by atoms with E-state index in [9.17, 15) is 9.59 Å². The van der Waals surface area contributed by atoms with Crippen LogP contribution in [0.1, 0.15) is 53.9 Å². The van der Waals surface area contributed by atoms with E-state index in [0.717, 1.165) is 12.8 Å². The zero-order valence-corrected chi connectivity index (χ0v) is 19.4. The van der Waals surface area contributed by atoms with Crippen LogP contribution in [0.3, 0.4) is 0 Å². The highest BCUT2D eigenvalue weighted by Gasteiger charge is 2.24. The number of aliphatic imine (C=N–C) groups is 1. The van der Waals surface area contributed by atoms with Gasteiger partial charge in [0.1, 0.15) is 5.60 Å². The van der Waals surface area contributed by atoms with Crippen molar-refractivity contribution in [1.29, 1.82) is 0 Å².